The molecule has 84 valence electrons. The summed E-state index contributed by atoms with van der Waals surface area (Å²) in [5.41, 5.74) is 0.107. The van der Waals surface area contributed by atoms with Crippen LogP contribution >= 0.6 is 0 Å². The van der Waals surface area contributed by atoms with Crippen molar-refractivity contribution >= 4 is 11.8 Å². The van der Waals surface area contributed by atoms with Crippen LogP contribution in [0.5, 0.6) is 0 Å². The van der Waals surface area contributed by atoms with Crippen molar-refractivity contribution in [2.75, 3.05) is 0 Å². The van der Waals surface area contributed by atoms with Crippen LogP contribution in [0.3, 0.4) is 0 Å². The van der Waals surface area contributed by atoms with Crippen LogP contribution in [0.25, 0.3) is 0 Å². The molecule has 0 aliphatic heterocycles. The number of hydrogen-bond donors (Lipinski definition) is 1. The van der Waals surface area contributed by atoms with Crippen LogP contribution in [0.15, 0.2) is 0 Å². The van der Waals surface area contributed by atoms with E-state index in [1.165, 1.54) is 13.8 Å². The molecular weight excluding hydrogens is 218 g/mol. The van der Waals surface area contributed by atoms with Gasteiger partial charge in [-0.1, -0.05) is 0 Å². The molecular formula is C7H7N5O4. The molecule has 0 fully saturated rings. The van der Waals surface area contributed by atoms with Crippen molar-refractivity contribution in [2.24, 2.45) is 0 Å². The third-order valence-electron chi connectivity index (χ3n) is 2.15. The highest BCUT2D eigenvalue weighted by Crippen LogP contribution is 2.12. The van der Waals surface area contributed by atoms with E-state index in [9.17, 15) is 20.0 Å². The Kier molecular flexibility index (Phi) is 1.90. The molecule has 2 heterocycles. The smallest absolute Gasteiger partial charge is 0.436 e. The fourth-order valence-electron chi connectivity index (χ4n) is 1.53. The minimum absolute atomic E-state index is 0.138. The van der Waals surface area contributed by atoms with Crippen LogP contribution < -0.4 is 9.74 Å². The number of rotatable bonds is 2. The third-order valence-corrected chi connectivity index (χ3v) is 2.15. The van der Waals surface area contributed by atoms with E-state index in [2.05, 4.69) is 10.2 Å². The molecule has 9 heteroatoms. The van der Waals surface area contributed by atoms with Crippen molar-refractivity contribution in [1.29, 1.82) is 0 Å². The second-order valence-electron chi connectivity index (χ2n) is 3.24. The lowest BCUT2D eigenvalue weighted by Gasteiger charge is -1.89. The van der Waals surface area contributed by atoms with Gasteiger partial charge in [-0.3, -0.25) is 0 Å². The molecule has 2 aromatic heterocycles. The van der Waals surface area contributed by atoms with E-state index in [0.717, 1.165) is 9.26 Å². The van der Waals surface area contributed by atoms with Gasteiger partial charge in [-0.15, -0.1) is 0 Å². The average Bonchev–Trinajstić information content (AvgIpc) is 2.55. The summed E-state index contributed by atoms with van der Waals surface area (Å²) in [6.45, 7) is 2.88. The first kappa shape index (κ1) is 10.1. The molecule has 0 unspecified atom stereocenters. The minimum Gasteiger partial charge on any atom is -0.541 e. The van der Waals surface area contributed by atoms with Gasteiger partial charge in [0.15, 0.2) is 10.3 Å². The van der Waals surface area contributed by atoms with E-state index in [0.29, 0.717) is 0 Å². The number of aromatic carboxylic acids is 1. The standard InChI is InChI=1S/C7H7N5O4/c1-3-5(7(13)14)10-9-4(2)6(12(15)16)11(10)8-3/h1-2H3,(H-,8,9,13,14). The van der Waals surface area contributed by atoms with Crippen LogP contribution in [0.1, 0.15) is 21.9 Å². The SMILES string of the molecule is Cc1nn2c([N+](=O)[O-])c(C)[nH][n+]2c1C(=O)[O-]. The lowest BCUT2D eigenvalue weighted by Crippen LogP contribution is -2.40. The van der Waals surface area contributed by atoms with Crippen molar-refractivity contribution in [2.45, 2.75) is 13.8 Å². The summed E-state index contributed by atoms with van der Waals surface area (Å²) in [7, 11) is 0. The molecule has 16 heavy (non-hydrogen) atoms. The second kappa shape index (κ2) is 3.02. The second-order valence-corrected chi connectivity index (χ2v) is 3.24. The lowest BCUT2D eigenvalue weighted by molar-refractivity contribution is -0.684. The third kappa shape index (κ3) is 1.14. The van der Waals surface area contributed by atoms with Crippen LogP contribution in [-0.4, -0.2) is 25.7 Å². The number of aromatic nitrogens is 4. The van der Waals surface area contributed by atoms with Gasteiger partial charge in [0.1, 0.15) is 11.1 Å². The molecule has 2 aromatic rings. The van der Waals surface area contributed by atoms with Gasteiger partial charge in [-0.25, -0.2) is 0 Å². The number of carboxylic acids is 1. The molecule has 9 nitrogen and oxygen atoms in total. The summed E-state index contributed by atoms with van der Waals surface area (Å²) in [6, 6.07) is 0. The Labute approximate surface area is 88.0 Å². The fraction of sp³-hybridized carbons (Fsp3) is 0.286. The average molecular weight is 225 g/mol. The van der Waals surface area contributed by atoms with Gasteiger partial charge in [0.2, 0.25) is 0 Å². The molecule has 0 spiro atoms. The highest BCUT2D eigenvalue weighted by Gasteiger charge is 2.34. The number of H-pyrrole nitrogens is 1. The first-order chi connectivity index (χ1) is 7.43. The predicted molar refractivity (Wildman–Crippen MR) is 45.7 cm³/mol. The minimum atomic E-state index is -1.45. The Morgan fingerprint density at radius 2 is 2.19 bits per heavy atom. The van der Waals surface area contributed by atoms with Crippen molar-refractivity contribution < 1.29 is 19.5 Å². The van der Waals surface area contributed by atoms with E-state index < -0.39 is 10.9 Å². The molecule has 0 radical (unpaired) electrons. The molecule has 0 saturated heterocycles. The summed E-state index contributed by atoms with van der Waals surface area (Å²) in [6.07, 6.45) is 0. The zero-order valence-electron chi connectivity index (χ0n) is 8.42. The highest BCUT2D eigenvalue weighted by atomic mass is 16.6. The Morgan fingerprint density at radius 1 is 1.56 bits per heavy atom. The normalized spacial score (nSPS) is 10.9. The van der Waals surface area contributed by atoms with E-state index in [1.807, 2.05) is 0 Å². The maximum Gasteiger partial charge on any atom is 0.436 e. The number of carbonyl (C=O) groups excluding carboxylic acids is 1. The zero-order valence-corrected chi connectivity index (χ0v) is 8.42. The molecule has 0 bridgehead atoms. The van der Waals surface area contributed by atoms with Crippen LogP contribution in [0, 0.1) is 24.0 Å². The van der Waals surface area contributed by atoms with Gasteiger partial charge >= 0.3 is 5.82 Å². The van der Waals surface area contributed by atoms with Crippen molar-refractivity contribution in [1.82, 2.24) is 14.8 Å². The van der Waals surface area contributed by atoms with Crippen LogP contribution in [0.4, 0.5) is 5.82 Å². The highest BCUT2D eigenvalue weighted by molar-refractivity contribution is 5.82. The maximum absolute atomic E-state index is 10.8. The molecule has 2 rings (SSSR count). The number of aromatic amines is 1. The number of nitrogens with one attached hydrogen (secondary N) is 1. The molecule has 0 aliphatic carbocycles. The zero-order chi connectivity index (χ0) is 12.0. The van der Waals surface area contributed by atoms with E-state index in [-0.39, 0.29) is 22.9 Å². The van der Waals surface area contributed by atoms with Crippen molar-refractivity contribution in [3.63, 3.8) is 0 Å². The topological polar surface area (TPSA) is 120 Å². The van der Waals surface area contributed by atoms with Gasteiger partial charge in [-0.05, 0) is 11.8 Å². The molecule has 1 N–H and O–H groups in total. The summed E-state index contributed by atoms with van der Waals surface area (Å²) in [4.78, 5) is 20.9. The summed E-state index contributed by atoms with van der Waals surface area (Å²) in [5, 5.41) is 27.8. The molecule has 0 aromatic carbocycles. The van der Waals surface area contributed by atoms with E-state index >= 15 is 0 Å². The van der Waals surface area contributed by atoms with E-state index in [4.69, 9.17) is 0 Å². The van der Waals surface area contributed by atoms with Crippen LogP contribution in [-0.2, 0) is 0 Å². The maximum atomic E-state index is 10.8. The van der Waals surface area contributed by atoms with Gasteiger partial charge < -0.3 is 20.0 Å². The number of nitrogens with zero attached hydrogens (tertiary/aromatic N) is 4. The predicted octanol–water partition coefficient (Wildman–Crippen LogP) is -1.86. The Balaban J connectivity index is 2.88. The number of nitro groups is 1. The van der Waals surface area contributed by atoms with Crippen molar-refractivity contribution in [3.05, 3.63) is 27.2 Å². The van der Waals surface area contributed by atoms with Crippen molar-refractivity contribution in [3.8, 4) is 0 Å². The Bertz CT molecular complexity index is 556. The van der Waals surface area contributed by atoms with Gasteiger partial charge in [0, 0.05) is 11.6 Å². The molecule has 0 atom stereocenters. The number of hydrogen-bond acceptors (Lipinski definition) is 5. The Morgan fingerprint density at radius 3 is 2.69 bits per heavy atom. The Hall–Kier alpha value is -2.45. The number of aryl methyl sites for hydroxylation is 2. The molecule has 0 aliphatic rings. The van der Waals surface area contributed by atoms with Gasteiger partial charge in [0.25, 0.3) is 11.4 Å². The summed E-state index contributed by atoms with van der Waals surface area (Å²) >= 11 is 0. The molecule has 0 amide bonds. The van der Waals surface area contributed by atoms with Gasteiger partial charge in [0.05, 0.1) is 0 Å². The first-order valence-electron chi connectivity index (χ1n) is 4.29. The lowest BCUT2D eigenvalue weighted by atomic mass is 10.3. The summed E-state index contributed by atoms with van der Waals surface area (Å²) < 4.78 is 1.86. The van der Waals surface area contributed by atoms with Gasteiger partial charge in [-0.2, -0.15) is 5.10 Å². The number of fused-ring (bicyclic) bond motifs is 1. The quantitative estimate of drug-likeness (QED) is 0.365. The fourth-order valence-corrected chi connectivity index (χ4v) is 1.53. The molecule has 0 saturated carbocycles. The summed E-state index contributed by atoms with van der Waals surface area (Å²) in [5.74, 6) is -1.76. The van der Waals surface area contributed by atoms with Crippen LogP contribution in [0.2, 0.25) is 0 Å². The number of carbonyl (C=O) groups is 1. The monoisotopic (exact) mass is 225 g/mol. The first-order valence-corrected chi connectivity index (χ1v) is 4.29. The van der Waals surface area contributed by atoms with E-state index in [1.54, 1.807) is 0 Å². The largest absolute Gasteiger partial charge is 0.541 e. The number of carboxylic acid groups (broad SMARTS) is 1.